The number of nitrogens with zero attached hydrogens (tertiary/aromatic N) is 1. The molecule has 0 aromatic heterocycles. The average molecular weight is 249 g/mol. The zero-order valence-electron chi connectivity index (χ0n) is 10.9. The maximum Gasteiger partial charge on any atom is 0.325 e. The third-order valence-corrected chi connectivity index (χ3v) is 3.22. The molecule has 0 saturated carbocycles. The van der Waals surface area contributed by atoms with Crippen molar-refractivity contribution in [2.24, 2.45) is 0 Å². The standard InChI is InChI=1S/C14H19NO3/c1-11-3-5-12(6-4-11)9-15-7-8-18-10-13(15)14(16)17-2/h3-6,13H,7-10H2,1-2H3. The summed E-state index contributed by atoms with van der Waals surface area (Å²) < 4.78 is 10.2. The Balaban J connectivity index is 2.05. The molecular weight excluding hydrogens is 230 g/mol. The molecule has 1 aliphatic rings. The van der Waals surface area contributed by atoms with Gasteiger partial charge in [0.1, 0.15) is 6.04 Å². The van der Waals surface area contributed by atoms with Crippen molar-refractivity contribution in [1.29, 1.82) is 0 Å². The van der Waals surface area contributed by atoms with Gasteiger partial charge in [0.2, 0.25) is 0 Å². The summed E-state index contributed by atoms with van der Waals surface area (Å²) in [4.78, 5) is 13.8. The lowest BCUT2D eigenvalue weighted by Crippen LogP contribution is -2.49. The molecule has 98 valence electrons. The van der Waals surface area contributed by atoms with Crippen LogP contribution in [0.25, 0.3) is 0 Å². The van der Waals surface area contributed by atoms with Crippen molar-refractivity contribution in [2.75, 3.05) is 26.9 Å². The summed E-state index contributed by atoms with van der Waals surface area (Å²) in [6.07, 6.45) is 0. The molecule has 1 heterocycles. The van der Waals surface area contributed by atoms with Gasteiger partial charge in [-0.25, -0.2) is 0 Å². The summed E-state index contributed by atoms with van der Waals surface area (Å²) in [5.41, 5.74) is 2.45. The van der Waals surface area contributed by atoms with E-state index in [-0.39, 0.29) is 12.0 Å². The second kappa shape index (κ2) is 5.98. The zero-order valence-corrected chi connectivity index (χ0v) is 10.9. The van der Waals surface area contributed by atoms with Crippen LogP contribution in [-0.4, -0.2) is 43.8 Å². The molecule has 1 aliphatic heterocycles. The second-order valence-corrected chi connectivity index (χ2v) is 4.57. The number of rotatable bonds is 3. The minimum absolute atomic E-state index is 0.221. The second-order valence-electron chi connectivity index (χ2n) is 4.57. The van der Waals surface area contributed by atoms with Gasteiger partial charge in [0, 0.05) is 13.1 Å². The number of morpholine rings is 1. The molecule has 1 fully saturated rings. The number of carbonyl (C=O) groups excluding carboxylic acids is 1. The third kappa shape index (κ3) is 3.09. The van der Waals surface area contributed by atoms with Crippen LogP contribution in [0.1, 0.15) is 11.1 Å². The number of methoxy groups -OCH3 is 1. The van der Waals surface area contributed by atoms with Crippen LogP contribution in [0.3, 0.4) is 0 Å². The maximum absolute atomic E-state index is 11.7. The van der Waals surface area contributed by atoms with Gasteiger partial charge in [-0.3, -0.25) is 9.69 Å². The molecule has 0 spiro atoms. The molecule has 4 heteroatoms. The van der Waals surface area contributed by atoms with Crippen molar-refractivity contribution in [3.63, 3.8) is 0 Å². The van der Waals surface area contributed by atoms with Gasteiger partial charge in [-0.1, -0.05) is 29.8 Å². The lowest BCUT2D eigenvalue weighted by molar-refractivity contribution is -0.153. The Hall–Kier alpha value is -1.39. The molecule has 0 bridgehead atoms. The summed E-state index contributed by atoms with van der Waals surface area (Å²) >= 11 is 0. The van der Waals surface area contributed by atoms with Gasteiger partial charge in [-0.2, -0.15) is 0 Å². The molecule has 1 unspecified atom stereocenters. The number of benzene rings is 1. The normalized spacial score (nSPS) is 20.7. The topological polar surface area (TPSA) is 38.8 Å². The summed E-state index contributed by atoms with van der Waals surface area (Å²) in [7, 11) is 1.42. The highest BCUT2D eigenvalue weighted by atomic mass is 16.5. The summed E-state index contributed by atoms with van der Waals surface area (Å²) in [5, 5.41) is 0. The van der Waals surface area contributed by atoms with Gasteiger partial charge < -0.3 is 9.47 Å². The number of carbonyl (C=O) groups is 1. The molecule has 0 amide bonds. The van der Waals surface area contributed by atoms with Crippen molar-refractivity contribution in [2.45, 2.75) is 19.5 Å². The molecule has 1 saturated heterocycles. The minimum Gasteiger partial charge on any atom is -0.468 e. The highest BCUT2D eigenvalue weighted by Crippen LogP contribution is 2.14. The predicted octanol–water partition coefficient (Wildman–Crippen LogP) is 1.37. The Morgan fingerprint density at radius 1 is 1.44 bits per heavy atom. The molecule has 0 radical (unpaired) electrons. The number of aryl methyl sites for hydroxylation is 1. The fourth-order valence-electron chi connectivity index (χ4n) is 2.11. The molecule has 0 aliphatic carbocycles. The van der Waals surface area contributed by atoms with Gasteiger partial charge in [0.25, 0.3) is 0 Å². The zero-order chi connectivity index (χ0) is 13.0. The molecule has 2 rings (SSSR count). The van der Waals surface area contributed by atoms with E-state index in [4.69, 9.17) is 9.47 Å². The van der Waals surface area contributed by atoms with E-state index in [2.05, 4.69) is 36.1 Å². The Kier molecular flexibility index (Phi) is 4.33. The first-order chi connectivity index (χ1) is 8.70. The van der Waals surface area contributed by atoms with Crippen LogP contribution in [-0.2, 0) is 20.8 Å². The van der Waals surface area contributed by atoms with E-state index in [1.165, 1.54) is 18.2 Å². The van der Waals surface area contributed by atoms with Crippen LogP contribution >= 0.6 is 0 Å². The van der Waals surface area contributed by atoms with Crippen molar-refractivity contribution < 1.29 is 14.3 Å². The lowest BCUT2D eigenvalue weighted by Gasteiger charge is -2.33. The van der Waals surface area contributed by atoms with E-state index in [0.717, 1.165) is 13.1 Å². The van der Waals surface area contributed by atoms with Gasteiger partial charge in [-0.05, 0) is 12.5 Å². The lowest BCUT2D eigenvalue weighted by atomic mass is 10.1. The first-order valence-electron chi connectivity index (χ1n) is 6.16. The Morgan fingerprint density at radius 3 is 2.83 bits per heavy atom. The van der Waals surface area contributed by atoms with Gasteiger partial charge in [0.15, 0.2) is 0 Å². The van der Waals surface area contributed by atoms with Crippen LogP contribution in [0.5, 0.6) is 0 Å². The first kappa shape index (κ1) is 13.1. The first-order valence-corrected chi connectivity index (χ1v) is 6.16. The fraction of sp³-hybridized carbons (Fsp3) is 0.500. The van der Waals surface area contributed by atoms with Crippen LogP contribution in [0, 0.1) is 6.92 Å². The smallest absolute Gasteiger partial charge is 0.325 e. The minimum atomic E-state index is -0.287. The van der Waals surface area contributed by atoms with Crippen molar-refractivity contribution in [3.8, 4) is 0 Å². The number of ether oxygens (including phenoxy) is 2. The fourth-order valence-corrected chi connectivity index (χ4v) is 2.11. The van der Waals surface area contributed by atoms with Crippen molar-refractivity contribution in [1.82, 2.24) is 4.90 Å². The number of hydrogen-bond acceptors (Lipinski definition) is 4. The van der Waals surface area contributed by atoms with Crippen LogP contribution in [0.2, 0.25) is 0 Å². The molecule has 4 nitrogen and oxygen atoms in total. The number of esters is 1. The van der Waals surface area contributed by atoms with Gasteiger partial charge in [0.05, 0.1) is 20.3 Å². The Morgan fingerprint density at radius 2 is 2.17 bits per heavy atom. The van der Waals surface area contributed by atoms with Crippen LogP contribution in [0.4, 0.5) is 0 Å². The van der Waals surface area contributed by atoms with Crippen molar-refractivity contribution in [3.05, 3.63) is 35.4 Å². The molecule has 1 atom stereocenters. The molecular formula is C14H19NO3. The molecule has 18 heavy (non-hydrogen) atoms. The van der Waals surface area contributed by atoms with E-state index in [1.54, 1.807) is 0 Å². The van der Waals surface area contributed by atoms with E-state index < -0.39 is 0 Å². The average Bonchev–Trinajstić information content (AvgIpc) is 2.41. The maximum atomic E-state index is 11.7. The number of hydrogen-bond donors (Lipinski definition) is 0. The van der Waals surface area contributed by atoms with E-state index in [1.807, 2.05) is 0 Å². The van der Waals surface area contributed by atoms with E-state index in [9.17, 15) is 4.79 Å². The monoisotopic (exact) mass is 249 g/mol. The SMILES string of the molecule is COC(=O)C1COCCN1Cc1ccc(C)cc1. The van der Waals surface area contributed by atoms with Crippen molar-refractivity contribution >= 4 is 5.97 Å². The Labute approximate surface area is 107 Å². The van der Waals surface area contributed by atoms with E-state index >= 15 is 0 Å². The summed E-state index contributed by atoms with van der Waals surface area (Å²) in [6, 6.07) is 8.08. The molecule has 0 N–H and O–H groups in total. The van der Waals surface area contributed by atoms with Gasteiger partial charge >= 0.3 is 5.97 Å². The van der Waals surface area contributed by atoms with Crippen LogP contribution in [0.15, 0.2) is 24.3 Å². The van der Waals surface area contributed by atoms with Crippen LogP contribution < -0.4 is 0 Å². The summed E-state index contributed by atoms with van der Waals surface area (Å²) in [6.45, 7) is 4.66. The molecule has 1 aromatic rings. The highest BCUT2D eigenvalue weighted by molar-refractivity contribution is 5.75. The summed E-state index contributed by atoms with van der Waals surface area (Å²) in [5.74, 6) is -0.221. The third-order valence-electron chi connectivity index (χ3n) is 3.22. The van der Waals surface area contributed by atoms with Gasteiger partial charge in [-0.15, -0.1) is 0 Å². The quantitative estimate of drug-likeness (QED) is 0.758. The predicted molar refractivity (Wildman–Crippen MR) is 68.2 cm³/mol. The molecule has 1 aromatic carbocycles. The largest absolute Gasteiger partial charge is 0.468 e. The van der Waals surface area contributed by atoms with E-state index in [0.29, 0.717) is 13.2 Å². The Bertz CT molecular complexity index is 402. The highest BCUT2D eigenvalue weighted by Gasteiger charge is 2.30.